The Morgan fingerprint density at radius 1 is 1.53 bits per heavy atom. The van der Waals surface area contributed by atoms with Gasteiger partial charge in [0, 0.05) is 19.6 Å². The Kier molecular flexibility index (Phi) is 5.60. The standard InChI is InChI=1S/C10H15NO4S2/c1-2-15-7-3-5-9(12)11-17(13,14)10-6-4-8-16-10/h4,6,8H,2-3,5,7H2,1H3,(H,11,12). The molecule has 1 amide bonds. The van der Waals surface area contributed by atoms with E-state index < -0.39 is 15.9 Å². The fourth-order valence-corrected chi connectivity index (χ4v) is 3.15. The van der Waals surface area contributed by atoms with Crippen LogP contribution in [0.3, 0.4) is 0 Å². The van der Waals surface area contributed by atoms with Crippen molar-refractivity contribution in [3.63, 3.8) is 0 Å². The Bertz CT molecular complexity index is 439. The van der Waals surface area contributed by atoms with E-state index in [1.54, 1.807) is 11.4 Å². The zero-order chi connectivity index (χ0) is 12.7. The molecule has 96 valence electrons. The average molecular weight is 277 g/mol. The Morgan fingerprint density at radius 2 is 2.29 bits per heavy atom. The summed E-state index contributed by atoms with van der Waals surface area (Å²) < 4.78 is 30.5. The minimum atomic E-state index is -3.68. The van der Waals surface area contributed by atoms with Gasteiger partial charge in [-0.15, -0.1) is 11.3 Å². The molecule has 1 aromatic rings. The fraction of sp³-hybridized carbons (Fsp3) is 0.500. The van der Waals surface area contributed by atoms with Crippen LogP contribution in [0.15, 0.2) is 21.7 Å². The number of nitrogens with one attached hydrogen (secondary N) is 1. The molecule has 0 saturated carbocycles. The van der Waals surface area contributed by atoms with E-state index in [2.05, 4.69) is 0 Å². The maximum Gasteiger partial charge on any atom is 0.273 e. The summed E-state index contributed by atoms with van der Waals surface area (Å²) in [4.78, 5) is 11.4. The first-order valence-corrected chi connectivity index (χ1v) is 7.59. The molecule has 0 bridgehead atoms. The van der Waals surface area contributed by atoms with Gasteiger partial charge in [0.1, 0.15) is 4.21 Å². The second-order valence-corrected chi connectivity index (χ2v) is 6.12. The topological polar surface area (TPSA) is 72.5 Å². The second-order valence-electron chi connectivity index (χ2n) is 3.26. The normalized spacial score (nSPS) is 11.4. The van der Waals surface area contributed by atoms with E-state index in [9.17, 15) is 13.2 Å². The summed E-state index contributed by atoms with van der Waals surface area (Å²) >= 11 is 1.08. The van der Waals surface area contributed by atoms with Crippen LogP contribution in [0.25, 0.3) is 0 Å². The molecule has 7 heteroatoms. The van der Waals surface area contributed by atoms with Crippen LogP contribution in [0.4, 0.5) is 0 Å². The van der Waals surface area contributed by atoms with Gasteiger partial charge in [0.15, 0.2) is 0 Å². The molecule has 0 radical (unpaired) electrons. The van der Waals surface area contributed by atoms with Crippen molar-refractivity contribution in [2.45, 2.75) is 24.0 Å². The maximum absolute atomic E-state index is 11.6. The summed E-state index contributed by atoms with van der Waals surface area (Å²) in [6.07, 6.45) is 0.657. The highest BCUT2D eigenvalue weighted by molar-refractivity contribution is 7.92. The number of thiophene rings is 1. The monoisotopic (exact) mass is 277 g/mol. The second kappa shape index (κ2) is 6.73. The third kappa shape index (κ3) is 4.84. The first-order chi connectivity index (χ1) is 8.06. The van der Waals surface area contributed by atoms with Gasteiger partial charge in [-0.2, -0.15) is 0 Å². The van der Waals surface area contributed by atoms with Crippen LogP contribution >= 0.6 is 11.3 Å². The molecular weight excluding hydrogens is 262 g/mol. The first kappa shape index (κ1) is 14.1. The lowest BCUT2D eigenvalue weighted by Crippen LogP contribution is -2.30. The summed E-state index contributed by atoms with van der Waals surface area (Å²) in [5.74, 6) is -0.502. The van der Waals surface area contributed by atoms with Gasteiger partial charge < -0.3 is 4.74 Å². The Labute approximate surface area is 105 Å². The van der Waals surface area contributed by atoms with Crippen LogP contribution in [0.5, 0.6) is 0 Å². The molecule has 17 heavy (non-hydrogen) atoms. The Morgan fingerprint density at radius 3 is 2.88 bits per heavy atom. The minimum Gasteiger partial charge on any atom is -0.382 e. The number of hydrogen-bond acceptors (Lipinski definition) is 5. The lowest BCUT2D eigenvalue weighted by molar-refractivity contribution is -0.119. The van der Waals surface area contributed by atoms with Crippen molar-refractivity contribution in [1.82, 2.24) is 4.72 Å². The molecule has 0 aliphatic heterocycles. The summed E-state index contributed by atoms with van der Waals surface area (Å²) in [5.41, 5.74) is 0. The predicted molar refractivity (Wildman–Crippen MR) is 65.4 cm³/mol. The van der Waals surface area contributed by atoms with Gasteiger partial charge in [-0.3, -0.25) is 4.79 Å². The van der Waals surface area contributed by atoms with Crippen molar-refractivity contribution < 1.29 is 17.9 Å². The summed E-state index contributed by atoms with van der Waals surface area (Å²) in [6.45, 7) is 2.92. The molecule has 1 rings (SSSR count). The molecule has 0 aliphatic carbocycles. The molecule has 1 aromatic heterocycles. The van der Waals surface area contributed by atoms with E-state index in [-0.39, 0.29) is 10.6 Å². The number of rotatable bonds is 7. The Balaban J connectivity index is 2.41. The van der Waals surface area contributed by atoms with E-state index >= 15 is 0 Å². The van der Waals surface area contributed by atoms with E-state index in [1.165, 1.54) is 6.07 Å². The summed E-state index contributed by atoms with van der Waals surface area (Å²) in [5, 5.41) is 1.65. The van der Waals surface area contributed by atoms with Gasteiger partial charge in [0.05, 0.1) is 0 Å². The third-order valence-corrected chi connectivity index (χ3v) is 4.68. The van der Waals surface area contributed by atoms with Gasteiger partial charge in [0.25, 0.3) is 10.0 Å². The van der Waals surface area contributed by atoms with Crippen LogP contribution in [-0.4, -0.2) is 27.5 Å². The van der Waals surface area contributed by atoms with Gasteiger partial charge in [-0.05, 0) is 24.8 Å². The van der Waals surface area contributed by atoms with Gasteiger partial charge in [-0.25, -0.2) is 13.1 Å². The van der Waals surface area contributed by atoms with Gasteiger partial charge in [-0.1, -0.05) is 6.07 Å². The van der Waals surface area contributed by atoms with Crippen LogP contribution < -0.4 is 4.72 Å². The SMILES string of the molecule is CCOCCCC(=O)NS(=O)(=O)c1cccs1. The third-order valence-electron chi connectivity index (χ3n) is 1.90. The van der Waals surface area contributed by atoms with Crippen molar-refractivity contribution in [3.05, 3.63) is 17.5 Å². The molecule has 0 spiro atoms. The molecule has 0 unspecified atom stereocenters. The van der Waals surface area contributed by atoms with Crippen molar-refractivity contribution in [2.24, 2.45) is 0 Å². The molecule has 0 aromatic carbocycles. The maximum atomic E-state index is 11.6. The molecule has 0 aliphatic rings. The van der Waals surface area contributed by atoms with Crippen molar-refractivity contribution in [2.75, 3.05) is 13.2 Å². The highest BCUT2D eigenvalue weighted by Crippen LogP contribution is 2.15. The zero-order valence-electron chi connectivity index (χ0n) is 9.51. The molecule has 1 heterocycles. The average Bonchev–Trinajstić information content (AvgIpc) is 2.77. The highest BCUT2D eigenvalue weighted by Gasteiger charge is 2.17. The fourth-order valence-electron chi connectivity index (χ4n) is 1.15. The first-order valence-electron chi connectivity index (χ1n) is 5.23. The predicted octanol–water partition coefficient (Wildman–Crippen LogP) is 1.37. The van der Waals surface area contributed by atoms with Crippen molar-refractivity contribution in [1.29, 1.82) is 0 Å². The number of ether oxygens (including phenoxy) is 1. The van der Waals surface area contributed by atoms with Crippen LogP contribution in [0.2, 0.25) is 0 Å². The van der Waals surface area contributed by atoms with E-state index in [4.69, 9.17) is 4.74 Å². The molecular formula is C10H15NO4S2. The number of carbonyl (C=O) groups excluding carboxylic acids is 1. The van der Waals surface area contributed by atoms with Crippen LogP contribution in [-0.2, 0) is 19.6 Å². The quantitative estimate of drug-likeness (QED) is 0.764. The highest BCUT2D eigenvalue weighted by atomic mass is 32.2. The van der Waals surface area contributed by atoms with Crippen molar-refractivity contribution in [3.8, 4) is 0 Å². The lowest BCUT2D eigenvalue weighted by atomic mass is 10.3. The largest absolute Gasteiger partial charge is 0.382 e. The number of sulfonamides is 1. The van der Waals surface area contributed by atoms with Crippen molar-refractivity contribution >= 4 is 27.3 Å². The molecule has 0 atom stereocenters. The smallest absolute Gasteiger partial charge is 0.273 e. The van der Waals surface area contributed by atoms with Crippen LogP contribution in [0.1, 0.15) is 19.8 Å². The minimum absolute atomic E-state index is 0.143. The van der Waals surface area contributed by atoms with E-state index in [0.717, 1.165) is 11.3 Å². The lowest BCUT2D eigenvalue weighted by Gasteiger charge is -2.04. The number of hydrogen-bond donors (Lipinski definition) is 1. The molecule has 5 nitrogen and oxygen atoms in total. The van der Waals surface area contributed by atoms with Gasteiger partial charge >= 0.3 is 0 Å². The summed E-state index contributed by atoms with van der Waals surface area (Å²) in [6, 6.07) is 3.08. The molecule has 0 fully saturated rings. The Hall–Kier alpha value is -0.920. The summed E-state index contributed by atoms with van der Waals surface area (Å²) in [7, 11) is -3.68. The number of carbonyl (C=O) groups is 1. The molecule has 0 saturated heterocycles. The number of amides is 1. The van der Waals surface area contributed by atoms with E-state index in [0.29, 0.717) is 19.6 Å². The zero-order valence-corrected chi connectivity index (χ0v) is 11.1. The van der Waals surface area contributed by atoms with Gasteiger partial charge in [0.2, 0.25) is 5.91 Å². The molecule has 1 N–H and O–H groups in total. The van der Waals surface area contributed by atoms with Crippen LogP contribution in [0, 0.1) is 0 Å². The van der Waals surface area contributed by atoms with E-state index in [1.807, 2.05) is 11.6 Å².